The molecule has 0 spiro atoms. The van der Waals surface area contributed by atoms with E-state index in [1.54, 1.807) is 6.92 Å². The zero-order valence-electron chi connectivity index (χ0n) is 10.8. The van der Waals surface area contributed by atoms with Crippen LogP contribution in [0.5, 0.6) is 0 Å². The van der Waals surface area contributed by atoms with E-state index in [2.05, 4.69) is 26.1 Å². The Bertz CT molecular complexity index is 204. The summed E-state index contributed by atoms with van der Waals surface area (Å²) in [4.78, 5) is 11.7. The lowest BCUT2D eigenvalue weighted by atomic mass is 9.92. The molecule has 3 nitrogen and oxygen atoms in total. The number of nitrogens with one attached hydrogen (secondary N) is 1. The van der Waals surface area contributed by atoms with Gasteiger partial charge in [0, 0.05) is 6.54 Å². The van der Waals surface area contributed by atoms with Gasteiger partial charge in [-0.3, -0.25) is 4.79 Å². The molecule has 0 rings (SSSR count). The van der Waals surface area contributed by atoms with Crippen molar-refractivity contribution in [2.45, 2.75) is 59.4 Å². The third-order valence-corrected chi connectivity index (χ3v) is 2.45. The van der Waals surface area contributed by atoms with Crippen molar-refractivity contribution >= 4 is 5.91 Å². The van der Waals surface area contributed by atoms with E-state index in [1.165, 1.54) is 0 Å². The summed E-state index contributed by atoms with van der Waals surface area (Å²) in [5.41, 5.74) is 5.45. The molecular formula is C12H26N2O. The van der Waals surface area contributed by atoms with Crippen LogP contribution in [0.15, 0.2) is 0 Å². The molecule has 3 heteroatoms. The molecule has 0 aliphatic rings. The minimum atomic E-state index is -0.716. The van der Waals surface area contributed by atoms with Gasteiger partial charge in [-0.2, -0.15) is 0 Å². The zero-order valence-corrected chi connectivity index (χ0v) is 10.8. The van der Waals surface area contributed by atoms with Crippen molar-refractivity contribution in [1.29, 1.82) is 0 Å². The van der Waals surface area contributed by atoms with Gasteiger partial charge in [-0.1, -0.05) is 34.1 Å². The normalized spacial score (nSPS) is 15.9. The predicted molar refractivity (Wildman–Crippen MR) is 64.6 cm³/mol. The lowest BCUT2D eigenvalue weighted by Crippen LogP contribution is -2.51. The first kappa shape index (κ1) is 14.4. The highest BCUT2D eigenvalue weighted by molar-refractivity contribution is 5.85. The molecule has 1 atom stereocenters. The van der Waals surface area contributed by atoms with Crippen LogP contribution < -0.4 is 11.1 Å². The van der Waals surface area contributed by atoms with Gasteiger partial charge in [0.15, 0.2) is 0 Å². The van der Waals surface area contributed by atoms with Gasteiger partial charge in [0.2, 0.25) is 5.91 Å². The van der Waals surface area contributed by atoms with Crippen LogP contribution in [0.25, 0.3) is 0 Å². The standard InChI is InChI=1S/C12H26N2O/c1-6-7-12(5,13)10(15)14-9-8-11(2,3)4/h6-9,13H2,1-5H3,(H,14,15). The molecule has 0 aromatic rings. The van der Waals surface area contributed by atoms with E-state index in [4.69, 9.17) is 5.73 Å². The zero-order chi connectivity index (χ0) is 12.1. The molecule has 0 heterocycles. The maximum atomic E-state index is 11.7. The minimum Gasteiger partial charge on any atom is -0.354 e. The number of hydrogen-bond donors (Lipinski definition) is 2. The summed E-state index contributed by atoms with van der Waals surface area (Å²) >= 11 is 0. The monoisotopic (exact) mass is 214 g/mol. The van der Waals surface area contributed by atoms with E-state index in [-0.39, 0.29) is 11.3 Å². The van der Waals surface area contributed by atoms with Gasteiger partial charge in [0.05, 0.1) is 5.54 Å². The van der Waals surface area contributed by atoms with Gasteiger partial charge in [-0.25, -0.2) is 0 Å². The highest BCUT2D eigenvalue weighted by atomic mass is 16.2. The molecule has 0 aliphatic carbocycles. The molecule has 0 saturated heterocycles. The summed E-state index contributed by atoms with van der Waals surface area (Å²) in [7, 11) is 0. The fourth-order valence-corrected chi connectivity index (χ4v) is 1.39. The van der Waals surface area contributed by atoms with Crippen molar-refractivity contribution in [3.8, 4) is 0 Å². The SMILES string of the molecule is CCCC(C)(N)C(=O)NCCC(C)(C)C. The molecular weight excluding hydrogens is 188 g/mol. The Balaban J connectivity index is 3.94. The van der Waals surface area contributed by atoms with E-state index in [9.17, 15) is 4.79 Å². The first-order chi connectivity index (χ1) is 6.69. The predicted octanol–water partition coefficient (Wildman–Crippen LogP) is 2.06. The second-order valence-corrected chi connectivity index (χ2v) is 5.73. The first-order valence-corrected chi connectivity index (χ1v) is 5.76. The summed E-state index contributed by atoms with van der Waals surface area (Å²) < 4.78 is 0. The van der Waals surface area contributed by atoms with E-state index >= 15 is 0 Å². The van der Waals surface area contributed by atoms with Crippen LogP contribution in [0.3, 0.4) is 0 Å². The Morgan fingerprint density at radius 2 is 1.73 bits per heavy atom. The Morgan fingerprint density at radius 1 is 1.20 bits per heavy atom. The quantitative estimate of drug-likeness (QED) is 0.736. The molecule has 3 N–H and O–H groups in total. The van der Waals surface area contributed by atoms with E-state index in [1.807, 2.05) is 6.92 Å². The van der Waals surface area contributed by atoms with Crippen molar-refractivity contribution in [2.75, 3.05) is 6.54 Å². The van der Waals surface area contributed by atoms with E-state index < -0.39 is 5.54 Å². The number of nitrogens with two attached hydrogens (primary N) is 1. The number of carbonyl (C=O) groups excluding carboxylic acids is 1. The van der Waals surface area contributed by atoms with Gasteiger partial charge in [0.25, 0.3) is 0 Å². The lowest BCUT2D eigenvalue weighted by molar-refractivity contribution is -0.126. The third kappa shape index (κ3) is 6.50. The van der Waals surface area contributed by atoms with Crippen molar-refractivity contribution in [1.82, 2.24) is 5.32 Å². The van der Waals surface area contributed by atoms with Gasteiger partial charge in [-0.15, -0.1) is 0 Å². The van der Waals surface area contributed by atoms with Crippen molar-refractivity contribution < 1.29 is 4.79 Å². The van der Waals surface area contributed by atoms with Crippen molar-refractivity contribution in [3.05, 3.63) is 0 Å². The molecule has 0 aromatic carbocycles. The van der Waals surface area contributed by atoms with E-state index in [0.717, 1.165) is 19.3 Å². The summed E-state index contributed by atoms with van der Waals surface area (Å²) in [6, 6.07) is 0. The number of amides is 1. The van der Waals surface area contributed by atoms with Gasteiger partial charge in [0.1, 0.15) is 0 Å². The first-order valence-electron chi connectivity index (χ1n) is 5.76. The Kier molecular flexibility index (Phi) is 5.29. The molecule has 1 unspecified atom stereocenters. The van der Waals surface area contributed by atoms with Crippen LogP contribution >= 0.6 is 0 Å². The molecule has 15 heavy (non-hydrogen) atoms. The molecule has 0 saturated carbocycles. The number of carbonyl (C=O) groups is 1. The van der Waals surface area contributed by atoms with Crippen molar-refractivity contribution in [2.24, 2.45) is 11.1 Å². The van der Waals surface area contributed by atoms with Crippen LogP contribution in [0.1, 0.15) is 53.9 Å². The largest absolute Gasteiger partial charge is 0.354 e. The van der Waals surface area contributed by atoms with Gasteiger partial charge in [-0.05, 0) is 25.2 Å². The number of rotatable bonds is 5. The maximum absolute atomic E-state index is 11.7. The minimum absolute atomic E-state index is 0.0337. The fourth-order valence-electron chi connectivity index (χ4n) is 1.39. The summed E-state index contributed by atoms with van der Waals surface area (Å²) in [5, 5.41) is 2.90. The number of hydrogen-bond acceptors (Lipinski definition) is 2. The summed E-state index contributed by atoms with van der Waals surface area (Å²) in [6.07, 6.45) is 2.63. The van der Waals surface area contributed by atoms with Gasteiger partial charge < -0.3 is 11.1 Å². The molecule has 0 radical (unpaired) electrons. The molecule has 0 bridgehead atoms. The molecule has 0 aromatic heterocycles. The third-order valence-electron chi connectivity index (χ3n) is 2.45. The smallest absolute Gasteiger partial charge is 0.239 e. The van der Waals surface area contributed by atoms with Crippen LogP contribution in [0.4, 0.5) is 0 Å². The molecule has 90 valence electrons. The highest BCUT2D eigenvalue weighted by Crippen LogP contribution is 2.17. The Labute approximate surface area is 93.8 Å². The maximum Gasteiger partial charge on any atom is 0.239 e. The topological polar surface area (TPSA) is 55.1 Å². The Morgan fingerprint density at radius 3 is 2.13 bits per heavy atom. The molecule has 0 aliphatic heterocycles. The Hall–Kier alpha value is -0.570. The van der Waals surface area contributed by atoms with Crippen LogP contribution in [0.2, 0.25) is 0 Å². The summed E-state index contributed by atoms with van der Waals surface area (Å²) in [6.45, 7) is 11.0. The van der Waals surface area contributed by atoms with Gasteiger partial charge >= 0.3 is 0 Å². The van der Waals surface area contributed by atoms with Crippen LogP contribution in [-0.4, -0.2) is 18.0 Å². The van der Waals surface area contributed by atoms with Crippen molar-refractivity contribution in [3.63, 3.8) is 0 Å². The van der Waals surface area contributed by atoms with E-state index in [0.29, 0.717) is 6.54 Å². The molecule has 0 fully saturated rings. The highest BCUT2D eigenvalue weighted by Gasteiger charge is 2.26. The van der Waals surface area contributed by atoms with Crippen LogP contribution in [0, 0.1) is 5.41 Å². The fraction of sp³-hybridized carbons (Fsp3) is 0.917. The second-order valence-electron chi connectivity index (χ2n) is 5.73. The second kappa shape index (κ2) is 5.50. The lowest BCUT2D eigenvalue weighted by Gasteiger charge is -2.24. The van der Waals surface area contributed by atoms with Crippen LogP contribution in [-0.2, 0) is 4.79 Å². The summed E-state index contributed by atoms with van der Waals surface area (Å²) in [5.74, 6) is -0.0337. The average molecular weight is 214 g/mol. The average Bonchev–Trinajstić information content (AvgIpc) is 2.01. The molecule has 1 amide bonds.